The number of rotatable bonds is 3. The minimum absolute atomic E-state index is 0.110. The van der Waals surface area contributed by atoms with Gasteiger partial charge in [-0.1, -0.05) is 6.07 Å². The lowest BCUT2D eigenvalue weighted by Gasteiger charge is -2.31. The topological polar surface area (TPSA) is 85.0 Å². The predicted octanol–water partition coefficient (Wildman–Crippen LogP) is 4.28. The third-order valence-electron chi connectivity index (χ3n) is 4.62. The van der Waals surface area contributed by atoms with Crippen molar-refractivity contribution in [3.63, 3.8) is 0 Å². The fourth-order valence-electron chi connectivity index (χ4n) is 3.26. The Morgan fingerprint density at radius 1 is 1.24 bits per heavy atom. The van der Waals surface area contributed by atoms with Gasteiger partial charge in [-0.05, 0) is 30.4 Å². The quantitative estimate of drug-likeness (QED) is 0.658. The maximum absolute atomic E-state index is 13.4. The molecule has 152 valence electrons. The van der Waals surface area contributed by atoms with E-state index in [0.29, 0.717) is 29.4 Å². The molecule has 0 aliphatic carbocycles. The number of amides is 1. The normalized spacial score (nSPS) is 17.5. The van der Waals surface area contributed by atoms with E-state index in [-0.39, 0.29) is 35.6 Å². The molecule has 1 aliphatic heterocycles. The molecular formula is C18H16F3N5OS2. The minimum atomic E-state index is -4.58. The van der Waals surface area contributed by atoms with Crippen molar-refractivity contribution in [2.75, 3.05) is 18.8 Å². The van der Waals surface area contributed by atoms with E-state index in [1.54, 1.807) is 27.8 Å². The monoisotopic (exact) mass is 439 g/mol. The zero-order chi connectivity index (χ0) is 20.6. The van der Waals surface area contributed by atoms with Crippen molar-refractivity contribution in [1.29, 1.82) is 0 Å². The standard InChI is InChI=1S/C18H16F3N5OS2/c19-18(20,21)14-7-11(13-4-2-6-28-13)23-15(25-14)10-3-1-5-26(8-10)16(27)12-9-29-17(22)24-12/h2,4,6-7,9-10H,1,3,5,8H2,(H2,22,24). The van der Waals surface area contributed by atoms with Gasteiger partial charge in [-0.15, -0.1) is 22.7 Å². The van der Waals surface area contributed by atoms with Crippen molar-refractivity contribution in [3.8, 4) is 10.6 Å². The Morgan fingerprint density at radius 2 is 2.07 bits per heavy atom. The highest BCUT2D eigenvalue weighted by atomic mass is 32.1. The molecule has 1 aliphatic rings. The first kappa shape index (κ1) is 19.8. The van der Waals surface area contributed by atoms with Gasteiger partial charge in [0.15, 0.2) is 5.13 Å². The number of carbonyl (C=O) groups excluding carboxylic acids is 1. The molecule has 1 saturated heterocycles. The Labute approximate surface area is 172 Å². The van der Waals surface area contributed by atoms with Gasteiger partial charge in [-0.25, -0.2) is 15.0 Å². The molecule has 3 aromatic heterocycles. The Balaban J connectivity index is 1.64. The van der Waals surface area contributed by atoms with Gasteiger partial charge in [0.2, 0.25) is 0 Å². The minimum Gasteiger partial charge on any atom is -0.375 e. The Morgan fingerprint density at radius 3 is 2.72 bits per heavy atom. The number of halogens is 3. The number of likely N-dealkylation sites (tertiary alicyclic amines) is 1. The van der Waals surface area contributed by atoms with E-state index in [4.69, 9.17) is 5.73 Å². The van der Waals surface area contributed by atoms with Crippen molar-refractivity contribution < 1.29 is 18.0 Å². The number of hydrogen-bond donors (Lipinski definition) is 1. The molecule has 1 unspecified atom stereocenters. The lowest BCUT2D eigenvalue weighted by Crippen LogP contribution is -2.39. The number of nitrogens with two attached hydrogens (primary N) is 1. The molecule has 6 nitrogen and oxygen atoms in total. The van der Waals surface area contributed by atoms with Gasteiger partial charge in [0, 0.05) is 24.4 Å². The second-order valence-electron chi connectivity index (χ2n) is 6.63. The highest BCUT2D eigenvalue weighted by Gasteiger charge is 2.36. The molecule has 0 radical (unpaired) electrons. The number of thiazole rings is 1. The molecule has 0 spiro atoms. The molecule has 4 heterocycles. The maximum Gasteiger partial charge on any atom is 0.433 e. The first-order chi connectivity index (χ1) is 13.8. The summed E-state index contributed by atoms with van der Waals surface area (Å²) in [5.41, 5.74) is 5.12. The zero-order valence-electron chi connectivity index (χ0n) is 15.0. The molecular weight excluding hydrogens is 423 g/mol. The average molecular weight is 439 g/mol. The van der Waals surface area contributed by atoms with Crippen LogP contribution >= 0.6 is 22.7 Å². The van der Waals surface area contributed by atoms with Crippen molar-refractivity contribution in [1.82, 2.24) is 19.9 Å². The molecule has 0 aromatic carbocycles. The van der Waals surface area contributed by atoms with Gasteiger partial charge in [-0.2, -0.15) is 13.2 Å². The Hall–Kier alpha value is -2.53. The van der Waals surface area contributed by atoms with E-state index in [2.05, 4.69) is 15.0 Å². The van der Waals surface area contributed by atoms with Gasteiger partial charge in [0.25, 0.3) is 5.91 Å². The number of aromatic nitrogens is 3. The Bertz CT molecular complexity index is 1020. The van der Waals surface area contributed by atoms with Crippen LogP contribution in [0.4, 0.5) is 18.3 Å². The van der Waals surface area contributed by atoms with Crippen LogP contribution in [0.2, 0.25) is 0 Å². The molecule has 4 rings (SSSR count). The number of thiophene rings is 1. The molecule has 0 bridgehead atoms. The summed E-state index contributed by atoms with van der Waals surface area (Å²) < 4.78 is 40.2. The van der Waals surface area contributed by atoms with Gasteiger partial charge in [0.1, 0.15) is 17.2 Å². The summed E-state index contributed by atoms with van der Waals surface area (Å²) in [4.78, 5) is 27.1. The number of anilines is 1. The summed E-state index contributed by atoms with van der Waals surface area (Å²) >= 11 is 2.48. The number of hydrogen-bond acceptors (Lipinski definition) is 7. The van der Waals surface area contributed by atoms with Gasteiger partial charge in [0.05, 0.1) is 10.6 Å². The van der Waals surface area contributed by atoms with Crippen molar-refractivity contribution in [2.24, 2.45) is 0 Å². The van der Waals surface area contributed by atoms with Crippen LogP contribution in [0.1, 0.15) is 40.8 Å². The highest BCUT2D eigenvalue weighted by Crippen LogP contribution is 2.34. The maximum atomic E-state index is 13.4. The van der Waals surface area contributed by atoms with E-state index in [9.17, 15) is 18.0 Å². The summed E-state index contributed by atoms with van der Waals surface area (Å²) in [5, 5.41) is 3.66. The van der Waals surface area contributed by atoms with Crippen molar-refractivity contribution in [2.45, 2.75) is 24.9 Å². The number of nitrogens with zero attached hydrogens (tertiary/aromatic N) is 4. The third kappa shape index (κ3) is 4.25. The summed E-state index contributed by atoms with van der Waals surface area (Å²) in [6.07, 6.45) is -3.33. The molecule has 1 atom stereocenters. The van der Waals surface area contributed by atoms with E-state index in [1.807, 2.05) is 0 Å². The number of alkyl halides is 3. The van der Waals surface area contributed by atoms with Crippen LogP contribution in [-0.4, -0.2) is 38.8 Å². The Kier molecular flexibility index (Phi) is 5.26. The lowest BCUT2D eigenvalue weighted by molar-refractivity contribution is -0.141. The molecule has 2 N–H and O–H groups in total. The van der Waals surface area contributed by atoms with Crippen LogP contribution in [0.15, 0.2) is 29.0 Å². The second-order valence-corrected chi connectivity index (χ2v) is 8.47. The van der Waals surface area contributed by atoms with Crippen LogP contribution in [0.3, 0.4) is 0 Å². The first-order valence-electron chi connectivity index (χ1n) is 8.81. The van der Waals surface area contributed by atoms with Gasteiger partial charge < -0.3 is 10.6 Å². The summed E-state index contributed by atoms with van der Waals surface area (Å²) in [6.45, 7) is 0.741. The summed E-state index contributed by atoms with van der Waals surface area (Å²) in [6, 6.07) is 4.45. The number of nitrogen functional groups attached to an aromatic ring is 1. The fraction of sp³-hybridized carbons (Fsp3) is 0.333. The SMILES string of the molecule is Nc1nc(C(=O)N2CCCC(c3nc(-c4cccs4)cc(C(F)(F)F)n3)C2)cs1. The van der Waals surface area contributed by atoms with Gasteiger partial charge >= 0.3 is 6.18 Å². The molecule has 29 heavy (non-hydrogen) atoms. The summed E-state index contributed by atoms with van der Waals surface area (Å²) in [7, 11) is 0. The van der Waals surface area contributed by atoms with E-state index >= 15 is 0 Å². The smallest absolute Gasteiger partial charge is 0.375 e. The van der Waals surface area contributed by atoms with E-state index < -0.39 is 11.9 Å². The fourth-order valence-corrected chi connectivity index (χ4v) is 4.49. The van der Waals surface area contributed by atoms with Crippen LogP contribution in [-0.2, 0) is 6.18 Å². The molecule has 3 aromatic rings. The van der Waals surface area contributed by atoms with Crippen LogP contribution in [0.25, 0.3) is 10.6 Å². The number of carbonyl (C=O) groups is 1. The van der Waals surface area contributed by atoms with Gasteiger partial charge in [-0.3, -0.25) is 4.79 Å². The average Bonchev–Trinajstić information content (AvgIpc) is 3.38. The first-order valence-corrected chi connectivity index (χ1v) is 10.6. The molecule has 1 fully saturated rings. The van der Waals surface area contributed by atoms with Crippen LogP contribution in [0.5, 0.6) is 0 Å². The van der Waals surface area contributed by atoms with Crippen LogP contribution in [0, 0.1) is 0 Å². The van der Waals surface area contributed by atoms with Crippen molar-refractivity contribution >= 4 is 33.7 Å². The van der Waals surface area contributed by atoms with Crippen molar-refractivity contribution in [3.05, 3.63) is 46.2 Å². The third-order valence-corrected chi connectivity index (χ3v) is 6.19. The molecule has 1 amide bonds. The lowest BCUT2D eigenvalue weighted by atomic mass is 9.96. The van der Waals surface area contributed by atoms with E-state index in [1.165, 1.54) is 22.7 Å². The largest absolute Gasteiger partial charge is 0.433 e. The summed E-state index contributed by atoms with van der Waals surface area (Å²) in [5.74, 6) is -0.559. The zero-order valence-corrected chi connectivity index (χ0v) is 16.7. The number of piperidine rings is 1. The second kappa shape index (κ2) is 7.71. The highest BCUT2D eigenvalue weighted by molar-refractivity contribution is 7.13. The molecule has 0 saturated carbocycles. The van der Waals surface area contributed by atoms with Crippen LogP contribution < -0.4 is 5.73 Å². The van der Waals surface area contributed by atoms with E-state index in [0.717, 1.165) is 6.07 Å². The predicted molar refractivity (Wildman–Crippen MR) is 105 cm³/mol. The molecule has 11 heteroatoms.